The van der Waals surface area contributed by atoms with Crippen LogP contribution < -0.4 is 5.73 Å². The second kappa shape index (κ2) is 4.78. The number of carbonyl (C=O) groups excluding carboxylic acids is 1. The molecule has 1 heterocycles. The number of nitrogens with zero attached hydrogens (tertiary/aromatic N) is 1. The van der Waals surface area contributed by atoms with Gasteiger partial charge in [-0.15, -0.1) is 0 Å². The summed E-state index contributed by atoms with van der Waals surface area (Å²) in [4.78, 5) is 14.4. The predicted molar refractivity (Wildman–Crippen MR) is 69.9 cm³/mol. The summed E-state index contributed by atoms with van der Waals surface area (Å²) in [7, 11) is 0. The van der Waals surface area contributed by atoms with E-state index in [9.17, 15) is 4.79 Å². The Morgan fingerprint density at radius 1 is 1.53 bits per heavy atom. The molecule has 1 fully saturated rings. The van der Waals surface area contributed by atoms with Gasteiger partial charge in [0, 0.05) is 23.8 Å². The second-order valence-corrected chi connectivity index (χ2v) is 4.78. The highest BCUT2D eigenvalue weighted by Crippen LogP contribution is 2.24. The Bertz CT molecular complexity index is 428. The molecule has 1 aromatic carbocycles. The Morgan fingerprint density at radius 2 is 2.29 bits per heavy atom. The smallest absolute Gasteiger partial charge is 0.254 e. The number of carbonyl (C=O) groups is 1. The van der Waals surface area contributed by atoms with Crippen molar-refractivity contribution in [3.05, 3.63) is 29.3 Å². The van der Waals surface area contributed by atoms with Crippen molar-refractivity contribution in [3.63, 3.8) is 0 Å². The van der Waals surface area contributed by atoms with E-state index in [2.05, 4.69) is 6.92 Å². The fourth-order valence-electron chi connectivity index (χ4n) is 2.61. The predicted octanol–water partition coefficient (Wildman–Crippen LogP) is 2.59. The maximum atomic E-state index is 12.4. The molecule has 17 heavy (non-hydrogen) atoms. The standard InChI is InChI=1S/C14H20N2O/c1-3-12-5-4-8-16(12)14(17)13-7-6-11(15)9-10(13)2/h6-7,9,12H,3-5,8,15H2,1-2H3. The third-order valence-electron chi connectivity index (χ3n) is 3.59. The van der Waals surface area contributed by atoms with Gasteiger partial charge in [-0.1, -0.05) is 6.92 Å². The molecule has 3 nitrogen and oxygen atoms in total. The van der Waals surface area contributed by atoms with Crippen molar-refractivity contribution in [3.8, 4) is 0 Å². The molecular weight excluding hydrogens is 212 g/mol. The molecule has 1 atom stereocenters. The van der Waals surface area contributed by atoms with E-state index in [1.54, 1.807) is 6.07 Å². The summed E-state index contributed by atoms with van der Waals surface area (Å²) in [6.45, 7) is 4.98. The average molecular weight is 232 g/mol. The number of anilines is 1. The maximum absolute atomic E-state index is 12.4. The van der Waals surface area contributed by atoms with Crippen LogP contribution in [0.25, 0.3) is 0 Å². The van der Waals surface area contributed by atoms with Gasteiger partial charge in [-0.3, -0.25) is 4.79 Å². The fourth-order valence-corrected chi connectivity index (χ4v) is 2.61. The first-order valence-electron chi connectivity index (χ1n) is 6.30. The fraction of sp³-hybridized carbons (Fsp3) is 0.500. The lowest BCUT2D eigenvalue weighted by molar-refractivity contribution is 0.0733. The number of aryl methyl sites for hydroxylation is 1. The number of amides is 1. The molecule has 0 saturated carbocycles. The maximum Gasteiger partial charge on any atom is 0.254 e. The van der Waals surface area contributed by atoms with Gasteiger partial charge in [0.1, 0.15) is 0 Å². The topological polar surface area (TPSA) is 46.3 Å². The second-order valence-electron chi connectivity index (χ2n) is 4.78. The molecule has 2 N–H and O–H groups in total. The minimum Gasteiger partial charge on any atom is -0.399 e. The van der Waals surface area contributed by atoms with Gasteiger partial charge in [0.15, 0.2) is 0 Å². The van der Waals surface area contributed by atoms with Gasteiger partial charge >= 0.3 is 0 Å². The van der Waals surface area contributed by atoms with E-state index >= 15 is 0 Å². The lowest BCUT2D eigenvalue weighted by Crippen LogP contribution is -2.35. The molecule has 2 rings (SSSR count). The van der Waals surface area contributed by atoms with Crippen molar-refractivity contribution in [1.29, 1.82) is 0 Å². The van der Waals surface area contributed by atoms with Gasteiger partial charge in [0.05, 0.1) is 0 Å². The molecule has 1 aliphatic heterocycles. The Hall–Kier alpha value is -1.51. The van der Waals surface area contributed by atoms with E-state index in [0.717, 1.165) is 36.9 Å². The van der Waals surface area contributed by atoms with Crippen molar-refractivity contribution < 1.29 is 4.79 Å². The summed E-state index contributed by atoms with van der Waals surface area (Å²) in [6, 6.07) is 5.93. The van der Waals surface area contributed by atoms with Crippen LogP contribution in [0.1, 0.15) is 42.1 Å². The average Bonchev–Trinajstić information content (AvgIpc) is 2.76. The van der Waals surface area contributed by atoms with Gasteiger partial charge in [-0.05, 0) is 49.9 Å². The SMILES string of the molecule is CCC1CCCN1C(=O)c1ccc(N)cc1C. The Labute approximate surface area is 103 Å². The van der Waals surface area contributed by atoms with E-state index in [4.69, 9.17) is 5.73 Å². The first-order chi connectivity index (χ1) is 8.13. The van der Waals surface area contributed by atoms with Crippen LogP contribution in [0.2, 0.25) is 0 Å². The molecule has 92 valence electrons. The summed E-state index contributed by atoms with van der Waals surface area (Å²) >= 11 is 0. The lowest BCUT2D eigenvalue weighted by atomic mass is 10.1. The number of likely N-dealkylation sites (tertiary alicyclic amines) is 1. The van der Waals surface area contributed by atoms with Crippen LogP contribution in [-0.2, 0) is 0 Å². The third-order valence-corrected chi connectivity index (χ3v) is 3.59. The molecule has 1 amide bonds. The Morgan fingerprint density at radius 3 is 2.94 bits per heavy atom. The monoisotopic (exact) mass is 232 g/mol. The first kappa shape index (κ1) is 12.0. The molecule has 0 bridgehead atoms. The summed E-state index contributed by atoms with van der Waals surface area (Å²) in [5.74, 6) is 0.159. The number of rotatable bonds is 2. The van der Waals surface area contributed by atoms with Crippen LogP contribution in [0.15, 0.2) is 18.2 Å². The van der Waals surface area contributed by atoms with Crippen LogP contribution in [0, 0.1) is 6.92 Å². The van der Waals surface area contributed by atoms with E-state index in [1.165, 1.54) is 0 Å². The van der Waals surface area contributed by atoms with Gasteiger partial charge < -0.3 is 10.6 Å². The van der Waals surface area contributed by atoms with Gasteiger partial charge in [-0.25, -0.2) is 0 Å². The molecule has 3 heteroatoms. The van der Waals surface area contributed by atoms with E-state index < -0.39 is 0 Å². The minimum atomic E-state index is 0.159. The van der Waals surface area contributed by atoms with Gasteiger partial charge in [-0.2, -0.15) is 0 Å². The summed E-state index contributed by atoms with van der Waals surface area (Å²) in [5.41, 5.74) is 8.19. The quantitative estimate of drug-likeness (QED) is 0.797. The number of nitrogens with two attached hydrogens (primary N) is 1. The van der Waals surface area contributed by atoms with Crippen molar-refractivity contribution >= 4 is 11.6 Å². The molecule has 1 aliphatic rings. The van der Waals surface area contributed by atoms with Crippen LogP contribution in [0.4, 0.5) is 5.69 Å². The highest BCUT2D eigenvalue weighted by Gasteiger charge is 2.28. The summed E-state index contributed by atoms with van der Waals surface area (Å²) < 4.78 is 0. The van der Waals surface area contributed by atoms with Crippen molar-refractivity contribution in [2.24, 2.45) is 0 Å². The number of hydrogen-bond acceptors (Lipinski definition) is 2. The molecule has 1 aromatic rings. The summed E-state index contributed by atoms with van der Waals surface area (Å²) in [6.07, 6.45) is 3.30. The highest BCUT2D eigenvalue weighted by atomic mass is 16.2. The zero-order valence-corrected chi connectivity index (χ0v) is 10.6. The molecule has 0 aliphatic carbocycles. The van der Waals surface area contributed by atoms with Crippen molar-refractivity contribution in [2.45, 2.75) is 39.2 Å². The normalized spacial score (nSPS) is 19.6. The molecule has 1 saturated heterocycles. The zero-order valence-electron chi connectivity index (χ0n) is 10.6. The van der Waals surface area contributed by atoms with E-state index in [0.29, 0.717) is 11.7 Å². The number of benzene rings is 1. The van der Waals surface area contributed by atoms with Crippen LogP contribution >= 0.6 is 0 Å². The molecule has 1 unspecified atom stereocenters. The lowest BCUT2D eigenvalue weighted by Gasteiger charge is -2.24. The van der Waals surface area contributed by atoms with E-state index in [1.807, 2.05) is 24.0 Å². The molecule has 0 aromatic heterocycles. The summed E-state index contributed by atoms with van der Waals surface area (Å²) in [5, 5.41) is 0. The van der Waals surface area contributed by atoms with E-state index in [-0.39, 0.29) is 5.91 Å². The zero-order chi connectivity index (χ0) is 12.4. The van der Waals surface area contributed by atoms with Gasteiger partial charge in [0.2, 0.25) is 0 Å². The number of hydrogen-bond donors (Lipinski definition) is 1. The van der Waals surface area contributed by atoms with Gasteiger partial charge in [0.25, 0.3) is 5.91 Å². The Balaban J connectivity index is 2.24. The van der Waals surface area contributed by atoms with Crippen molar-refractivity contribution in [1.82, 2.24) is 4.90 Å². The van der Waals surface area contributed by atoms with Crippen LogP contribution in [0.5, 0.6) is 0 Å². The van der Waals surface area contributed by atoms with Crippen molar-refractivity contribution in [2.75, 3.05) is 12.3 Å². The third kappa shape index (κ3) is 2.28. The number of nitrogen functional groups attached to an aromatic ring is 1. The highest BCUT2D eigenvalue weighted by molar-refractivity contribution is 5.96. The Kier molecular flexibility index (Phi) is 3.36. The molecule has 0 spiro atoms. The first-order valence-corrected chi connectivity index (χ1v) is 6.30. The largest absolute Gasteiger partial charge is 0.399 e. The minimum absolute atomic E-state index is 0.159. The molecular formula is C14H20N2O. The van der Waals surface area contributed by atoms with Crippen LogP contribution in [-0.4, -0.2) is 23.4 Å². The molecule has 0 radical (unpaired) electrons. The van der Waals surface area contributed by atoms with Crippen LogP contribution in [0.3, 0.4) is 0 Å².